The van der Waals surface area contributed by atoms with Gasteiger partial charge in [0.2, 0.25) is 10.0 Å². The number of hydrogen-bond acceptors (Lipinski definition) is 4. The van der Waals surface area contributed by atoms with Gasteiger partial charge in [-0.3, -0.25) is 0 Å². The summed E-state index contributed by atoms with van der Waals surface area (Å²) in [6.45, 7) is 3.53. The van der Waals surface area contributed by atoms with E-state index < -0.39 is 36.9 Å². The van der Waals surface area contributed by atoms with E-state index in [9.17, 15) is 30.0 Å². The second-order valence-electron chi connectivity index (χ2n) is 6.87. The predicted molar refractivity (Wildman–Crippen MR) is 91.8 cm³/mol. The van der Waals surface area contributed by atoms with Crippen LogP contribution in [0.3, 0.4) is 0 Å². The lowest BCUT2D eigenvalue weighted by atomic mass is 10.2. The number of halogens is 3. The van der Waals surface area contributed by atoms with Crippen molar-refractivity contribution >= 4 is 19.9 Å². The molecule has 1 heterocycles. The van der Waals surface area contributed by atoms with Crippen molar-refractivity contribution in [3.63, 3.8) is 0 Å². The van der Waals surface area contributed by atoms with E-state index >= 15 is 0 Å². The summed E-state index contributed by atoms with van der Waals surface area (Å²) in [6.07, 6.45) is -3.78. The standard InChI is InChI=1S/C16H22F3NO4S2/c1-12(2)11-25(21,22)15-4-3-9-20(10-15)26(23,24)14-7-5-13(6-8-14)16(17,18)19/h5-8,12,15H,3-4,9-11H2,1-2H3/t15-/m0/s1. The fourth-order valence-electron chi connectivity index (χ4n) is 2.98. The second-order valence-corrected chi connectivity index (χ2v) is 11.1. The van der Waals surface area contributed by atoms with Crippen molar-refractivity contribution in [3.8, 4) is 0 Å². The number of rotatable bonds is 5. The molecule has 0 bridgehead atoms. The predicted octanol–water partition coefficient (Wildman–Crippen LogP) is 2.93. The Morgan fingerprint density at radius 3 is 2.19 bits per heavy atom. The molecule has 26 heavy (non-hydrogen) atoms. The third-order valence-corrected chi connectivity index (χ3v) is 8.64. The molecule has 1 aliphatic rings. The molecule has 10 heteroatoms. The molecule has 0 aliphatic carbocycles. The van der Waals surface area contributed by atoms with E-state index in [2.05, 4.69) is 0 Å². The van der Waals surface area contributed by atoms with Crippen molar-refractivity contribution in [2.75, 3.05) is 18.8 Å². The Morgan fingerprint density at radius 1 is 1.12 bits per heavy atom. The molecule has 0 N–H and O–H groups in total. The van der Waals surface area contributed by atoms with Gasteiger partial charge < -0.3 is 0 Å². The van der Waals surface area contributed by atoms with Crippen LogP contribution in [0.2, 0.25) is 0 Å². The Morgan fingerprint density at radius 2 is 1.69 bits per heavy atom. The summed E-state index contributed by atoms with van der Waals surface area (Å²) in [6, 6.07) is 3.24. The normalized spacial score (nSPS) is 20.5. The number of piperidine rings is 1. The summed E-state index contributed by atoms with van der Waals surface area (Å²) in [4.78, 5) is -0.271. The molecule has 0 unspecified atom stereocenters. The first-order chi connectivity index (χ1) is 11.8. The first kappa shape index (κ1) is 21.2. The lowest BCUT2D eigenvalue weighted by Crippen LogP contribution is -2.46. The number of nitrogens with zero attached hydrogens (tertiary/aromatic N) is 1. The van der Waals surface area contributed by atoms with Gasteiger partial charge in [0.05, 0.1) is 21.5 Å². The van der Waals surface area contributed by atoms with E-state index in [0.717, 1.165) is 16.4 Å². The van der Waals surface area contributed by atoms with Crippen LogP contribution in [0.1, 0.15) is 32.3 Å². The minimum absolute atomic E-state index is 0.0220. The summed E-state index contributed by atoms with van der Waals surface area (Å²) in [5.74, 6) is -0.0897. The maximum atomic E-state index is 12.7. The molecule has 1 aliphatic heterocycles. The molecule has 0 amide bonds. The molecular formula is C16H22F3NO4S2. The molecule has 1 saturated heterocycles. The summed E-state index contributed by atoms with van der Waals surface area (Å²) in [5, 5.41) is -0.789. The number of sulfonamides is 1. The number of benzene rings is 1. The van der Waals surface area contributed by atoms with Crippen molar-refractivity contribution in [2.45, 2.75) is 43.0 Å². The molecule has 1 aromatic carbocycles. The molecule has 5 nitrogen and oxygen atoms in total. The highest BCUT2D eigenvalue weighted by atomic mass is 32.2. The largest absolute Gasteiger partial charge is 0.416 e. The van der Waals surface area contributed by atoms with Crippen molar-refractivity contribution in [1.29, 1.82) is 0 Å². The first-order valence-corrected chi connectivity index (χ1v) is 11.4. The van der Waals surface area contributed by atoms with Gasteiger partial charge in [-0.15, -0.1) is 0 Å². The summed E-state index contributed by atoms with van der Waals surface area (Å²) in [5.41, 5.74) is -0.938. The van der Waals surface area contributed by atoms with Crippen LogP contribution in [-0.4, -0.2) is 45.2 Å². The Balaban J connectivity index is 2.23. The van der Waals surface area contributed by atoms with E-state index in [1.165, 1.54) is 0 Å². The highest BCUT2D eigenvalue weighted by molar-refractivity contribution is 7.92. The van der Waals surface area contributed by atoms with Gasteiger partial charge in [0, 0.05) is 13.1 Å². The monoisotopic (exact) mass is 413 g/mol. The van der Waals surface area contributed by atoms with Gasteiger partial charge in [-0.1, -0.05) is 13.8 Å². The zero-order chi connectivity index (χ0) is 19.8. The van der Waals surface area contributed by atoms with Crippen LogP contribution in [0, 0.1) is 5.92 Å². The molecule has 0 spiro atoms. The molecule has 2 rings (SSSR count). The minimum Gasteiger partial charge on any atom is -0.228 e. The molecule has 0 aromatic heterocycles. The lowest BCUT2D eigenvalue weighted by Gasteiger charge is -2.32. The van der Waals surface area contributed by atoms with Crippen LogP contribution in [0.5, 0.6) is 0 Å². The van der Waals surface area contributed by atoms with Crippen molar-refractivity contribution in [1.82, 2.24) is 4.31 Å². The molecule has 0 saturated carbocycles. The highest BCUT2D eigenvalue weighted by Crippen LogP contribution is 2.31. The quantitative estimate of drug-likeness (QED) is 0.744. The van der Waals surface area contributed by atoms with E-state index in [-0.39, 0.29) is 29.7 Å². The molecule has 1 atom stereocenters. The van der Waals surface area contributed by atoms with Crippen LogP contribution in [0.25, 0.3) is 0 Å². The number of sulfone groups is 1. The number of hydrogen-bond donors (Lipinski definition) is 0. The van der Waals surface area contributed by atoms with E-state index in [1.54, 1.807) is 13.8 Å². The van der Waals surface area contributed by atoms with Gasteiger partial charge in [0.15, 0.2) is 9.84 Å². The van der Waals surface area contributed by atoms with E-state index in [0.29, 0.717) is 25.0 Å². The van der Waals surface area contributed by atoms with Gasteiger partial charge >= 0.3 is 6.18 Å². The fraction of sp³-hybridized carbons (Fsp3) is 0.625. The Hall–Kier alpha value is -1.13. The number of alkyl halides is 3. The highest BCUT2D eigenvalue weighted by Gasteiger charge is 2.37. The Bertz CT molecular complexity index is 831. The maximum absolute atomic E-state index is 12.7. The third kappa shape index (κ3) is 4.77. The smallest absolute Gasteiger partial charge is 0.228 e. The van der Waals surface area contributed by atoms with Gasteiger partial charge in [-0.05, 0) is 43.0 Å². The van der Waals surface area contributed by atoms with Crippen LogP contribution in [0.4, 0.5) is 13.2 Å². The SMILES string of the molecule is CC(C)CS(=O)(=O)[C@H]1CCCN(S(=O)(=O)c2ccc(C(F)(F)F)cc2)C1. The van der Waals surface area contributed by atoms with Crippen molar-refractivity contribution < 1.29 is 30.0 Å². The molecular weight excluding hydrogens is 391 g/mol. The van der Waals surface area contributed by atoms with Gasteiger partial charge in [0.1, 0.15) is 0 Å². The van der Waals surface area contributed by atoms with Crippen LogP contribution < -0.4 is 0 Å². The Kier molecular flexibility index (Phi) is 6.09. The summed E-state index contributed by atoms with van der Waals surface area (Å²) >= 11 is 0. The van der Waals surface area contributed by atoms with Crippen LogP contribution >= 0.6 is 0 Å². The van der Waals surface area contributed by atoms with Crippen LogP contribution in [-0.2, 0) is 26.0 Å². The zero-order valence-corrected chi connectivity index (χ0v) is 16.2. The van der Waals surface area contributed by atoms with Crippen molar-refractivity contribution in [3.05, 3.63) is 29.8 Å². The van der Waals surface area contributed by atoms with Gasteiger partial charge in [-0.2, -0.15) is 17.5 Å². The molecule has 0 radical (unpaired) electrons. The summed E-state index contributed by atoms with van der Waals surface area (Å²) < 4.78 is 89.2. The zero-order valence-electron chi connectivity index (χ0n) is 14.5. The molecule has 1 aromatic rings. The maximum Gasteiger partial charge on any atom is 0.416 e. The van der Waals surface area contributed by atoms with Crippen molar-refractivity contribution in [2.24, 2.45) is 5.92 Å². The topological polar surface area (TPSA) is 71.5 Å². The fourth-order valence-corrected chi connectivity index (χ4v) is 6.73. The van der Waals surface area contributed by atoms with E-state index in [4.69, 9.17) is 0 Å². The van der Waals surface area contributed by atoms with Crippen LogP contribution in [0.15, 0.2) is 29.2 Å². The summed E-state index contributed by atoms with van der Waals surface area (Å²) in [7, 11) is -7.48. The average molecular weight is 413 g/mol. The lowest BCUT2D eigenvalue weighted by molar-refractivity contribution is -0.137. The van der Waals surface area contributed by atoms with E-state index in [1.807, 2.05) is 0 Å². The Labute approximate surface area is 152 Å². The first-order valence-electron chi connectivity index (χ1n) is 8.23. The van der Waals surface area contributed by atoms with Gasteiger partial charge in [0.25, 0.3) is 0 Å². The average Bonchev–Trinajstić information content (AvgIpc) is 2.53. The second kappa shape index (κ2) is 7.47. The molecule has 148 valence electrons. The molecule has 1 fully saturated rings. The minimum atomic E-state index is -4.55. The van der Waals surface area contributed by atoms with Gasteiger partial charge in [-0.25, -0.2) is 16.8 Å². The third-order valence-electron chi connectivity index (χ3n) is 4.23.